The van der Waals surface area contributed by atoms with Crippen LogP contribution in [0.1, 0.15) is 5.76 Å². The molecule has 0 unspecified atom stereocenters. The minimum Gasteiger partial charge on any atom is -0.497 e. The summed E-state index contributed by atoms with van der Waals surface area (Å²) in [6.45, 7) is 0. The van der Waals surface area contributed by atoms with Gasteiger partial charge < -0.3 is 23.9 Å². The van der Waals surface area contributed by atoms with Gasteiger partial charge in [0.25, 0.3) is 0 Å². The Morgan fingerprint density at radius 2 is 1.90 bits per heavy atom. The second kappa shape index (κ2) is 8.74. The number of ether oxygens (including phenoxy) is 2. The van der Waals surface area contributed by atoms with Gasteiger partial charge in [-0.3, -0.25) is 5.10 Å². The highest BCUT2D eigenvalue weighted by molar-refractivity contribution is 8.04. The Hall–Kier alpha value is -3.40. The maximum atomic E-state index is 11.7. The van der Waals surface area contributed by atoms with Gasteiger partial charge in [-0.05, 0) is 30.0 Å². The van der Waals surface area contributed by atoms with Gasteiger partial charge in [-0.25, -0.2) is 9.78 Å². The molecule has 3 aromatic rings. The minimum atomic E-state index is -1.10. The average molecular weight is 416 g/mol. The number of furan rings is 1. The first-order chi connectivity index (χ1) is 13.9. The number of thioether (sulfide) groups is 1. The number of carbonyl (C=O) groups is 1. The predicted molar refractivity (Wildman–Crippen MR) is 109 cm³/mol. The van der Waals surface area contributed by atoms with Gasteiger partial charge in [-0.15, -0.1) is 5.10 Å². The maximum Gasteiger partial charge on any atom is 0.342 e. The molecule has 0 saturated heterocycles. The standard InChI is InChI=1S/C19H20N4O5S/c1-23(2)16-6-5-12(28-16)10-15(18(24)25)29-19-20-17(21-22-19)11-7-13(26-3)9-14(8-11)27-4/h5-10H,1-4H3,(H,24,25)(H,20,21,22)/b15-10-. The maximum absolute atomic E-state index is 11.7. The lowest BCUT2D eigenvalue weighted by Crippen LogP contribution is -2.06. The third kappa shape index (κ3) is 4.91. The monoisotopic (exact) mass is 416 g/mol. The Bertz CT molecular complexity index is 1020. The Kier molecular flexibility index (Phi) is 6.13. The van der Waals surface area contributed by atoms with Gasteiger partial charge in [-0.1, -0.05) is 0 Å². The van der Waals surface area contributed by atoms with Crippen molar-refractivity contribution < 1.29 is 23.8 Å². The van der Waals surface area contributed by atoms with E-state index in [1.54, 1.807) is 49.5 Å². The number of benzene rings is 1. The van der Waals surface area contributed by atoms with E-state index in [1.807, 2.05) is 14.1 Å². The van der Waals surface area contributed by atoms with Gasteiger partial charge in [0, 0.05) is 37.9 Å². The zero-order valence-electron chi connectivity index (χ0n) is 16.3. The normalized spacial score (nSPS) is 11.4. The molecular weight excluding hydrogens is 396 g/mol. The summed E-state index contributed by atoms with van der Waals surface area (Å²) >= 11 is 0.917. The van der Waals surface area contributed by atoms with Crippen molar-refractivity contribution in [2.45, 2.75) is 5.16 Å². The summed E-state index contributed by atoms with van der Waals surface area (Å²) in [7, 11) is 6.78. The molecule has 29 heavy (non-hydrogen) atoms. The molecule has 152 valence electrons. The zero-order chi connectivity index (χ0) is 21.0. The number of aromatic amines is 1. The Labute approximate surface area is 171 Å². The van der Waals surface area contributed by atoms with Crippen LogP contribution < -0.4 is 14.4 Å². The van der Waals surface area contributed by atoms with Crippen molar-refractivity contribution in [3.63, 3.8) is 0 Å². The largest absolute Gasteiger partial charge is 0.497 e. The van der Waals surface area contributed by atoms with Crippen LogP contribution in [0, 0.1) is 0 Å². The van der Waals surface area contributed by atoms with Crippen molar-refractivity contribution >= 4 is 29.7 Å². The number of hydrogen-bond donors (Lipinski definition) is 2. The van der Waals surface area contributed by atoms with E-state index < -0.39 is 5.97 Å². The van der Waals surface area contributed by atoms with Crippen LogP contribution in [0.25, 0.3) is 17.5 Å². The number of carboxylic acids is 1. The molecular formula is C19H20N4O5S. The topological polar surface area (TPSA) is 114 Å². The van der Waals surface area contributed by atoms with Crippen LogP contribution in [0.3, 0.4) is 0 Å². The molecule has 0 bridgehead atoms. The van der Waals surface area contributed by atoms with Gasteiger partial charge in [0.05, 0.1) is 14.2 Å². The molecule has 2 N–H and O–H groups in total. The third-order valence-electron chi connectivity index (χ3n) is 3.83. The highest BCUT2D eigenvalue weighted by atomic mass is 32.2. The third-order valence-corrected chi connectivity index (χ3v) is 4.71. The van der Waals surface area contributed by atoms with Crippen LogP contribution in [0.2, 0.25) is 0 Å². The number of aliphatic carboxylic acids is 1. The second-order valence-electron chi connectivity index (χ2n) is 6.05. The molecule has 0 saturated carbocycles. The first-order valence-electron chi connectivity index (χ1n) is 8.45. The Morgan fingerprint density at radius 1 is 1.21 bits per heavy atom. The van der Waals surface area contributed by atoms with E-state index in [0.717, 1.165) is 11.8 Å². The lowest BCUT2D eigenvalue weighted by molar-refractivity contribution is -0.131. The summed E-state index contributed by atoms with van der Waals surface area (Å²) in [6, 6.07) is 8.75. The first kappa shape index (κ1) is 20.3. The molecule has 0 radical (unpaired) electrons. The SMILES string of the molecule is COc1cc(OC)cc(-c2nc(S/C(=C\c3ccc(N(C)C)o3)C(=O)O)n[nH]2)c1. The van der Waals surface area contributed by atoms with E-state index in [0.29, 0.717) is 34.5 Å². The van der Waals surface area contributed by atoms with Crippen LogP contribution >= 0.6 is 11.8 Å². The van der Waals surface area contributed by atoms with E-state index in [1.165, 1.54) is 6.08 Å². The van der Waals surface area contributed by atoms with Gasteiger partial charge in [0.1, 0.15) is 22.2 Å². The molecule has 1 aromatic carbocycles. The molecule has 0 aliphatic heterocycles. The highest BCUT2D eigenvalue weighted by Gasteiger charge is 2.16. The second-order valence-corrected chi connectivity index (χ2v) is 7.06. The number of H-pyrrole nitrogens is 1. The summed E-state index contributed by atoms with van der Waals surface area (Å²) in [5.74, 6) is 1.61. The lowest BCUT2D eigenvalue weighted by Gasteiger charge is -2.06. The molecule has 3 rings (SSSR count). The number of anilines is 1. The number of carboxylic acid groups (broad SMARTS) is 1. The highest BCUT2D eigenvalue weighted by Crippen LogP contribution is 2.31. The van der Waals surface area contributed by atoms with Gasteiger partial charge in [0.15, 0.2) is 11.7 Å². The van der Waals surface area contributed by atoms with Crippen LogP contribution in [0.5, 0.6) is 11.5 Å². The molecule has 0 aliphatic carbocycles. The number of rotatable bonds is 8. The number of aromatic nitrogens is 3. The summed E-state index contributed by atoms with van der Waals surface area (Å²) in [5.41, 5.74) is 0.697. The number of nitrogens with zero attached hydrogens (tertiary/aromatic N) is 3. The number of hydrogen-bond acceptors (Lipinski definition) is 8. The fourth-order valence-electron chi connectivity index (χ4n) is 2.39. The predicted octanol–water partition coefficient (Wildman–Crippen LogP) is 3.37. The fraction of sp³-hybridized carbons (Fsp3) is 0.211. The molecule has 2 aromatic heterocycles. The van der Waals surface area contributed by atoms with Crippen LogP contribution in [0.4, 0.5) is 5.88 Å². The van der Waals surface area contributed by atoms with Crippen LogP contribution in [-0.4, -0.2) is 54.6 Å². The summed E-state index contributed by atoms with van der Waals surface area (Å²) in [4.78, 5) is 17.8. The number of nitrogens with one attached hydrogen (secondary N) is 1. The van der Waals surface area contributed by atoms with E-state index in [-0.39, 0.29) is 10.1 Å². The van der Waals surface area contributed by atoms with Crippen molar-refractivity contribution in [3.8, 4) is 22.9 Å². The number of methoxy groups -OCH3 is 2. The quantitative estimate of drug-likeness (QED) is 0.421. The van der Waals surface area contributed by atoms with Gasteiger partial charge in [-0.2, -0.15) is 0 Å². The van der Waals surface area contributed by atoms with Crippen molar-refractivity contribution in [1.82, 2.24) is 15.2 Å². The summed E-state index contributed by atoms with van der Waals surface area (Å²) in [6.07, 6.45) is 1.44. The van der Waals surface area contributed by atoms with Crippen molar-refractivity contribution in [3.05, 3.63) is 41.0 Å². The van der Waals surface area contributed by atoms with Crippen molar-refractivity contribution in [1.29, 1.82) is 0 Å². The smallest absolute Gasteiger partial charge is 0.342 e. The van der Waals surface area contributed by atoms with Crippen LogP contribution in [-0.2, 0) is 4.79 Å². The summed E-state index contributed by atoms with van der Waals surface area (Å²) in [5, 5.41) is 16.7. The van der Waals surface area contributed by atoms with E-state index in [2.05, 4.69) is 15.2 Å². The molecule has 0 spiro atoms. The average Bonchev–Trinajstić information content (AvgIpc) is 3.36. The summed E-state index contributed by atoms with van der Waals surface area (Å²) < 4.78 is 16.1. The lowest BCUT2D eigenvalue weighted by atomic mass is 10.2. The van der Waals surface area contributed by atoms with Gasteiger partial charge >= 0.3 is 5.97 Å². The Morgan fingerprint density at radius 3 is 2.45 bits per heavy atom. The molecule has 10 heteroatoms. The van der Waals surface area contributed by atoms with E-state index in [4.69, 9.17) is 13.9 Å². The Balaban J connectivity index is 1.85. The van der Waals surface area contributed by atoms with E-state index in [9.17, 15) is 9.90 Å². The molecule has 0 atom stereocenters. The van der Waals surface area contributed by atoms with Crippen molar-refractivity contribution in [2.24, 2.45) is 0 Å². The zero-order valence-corrected chi connectivity index (χ0v) is 17.1. The van der Waals surface area contributed by atoms with Crippen LogP contribution in [0.15, 0.2) is 44.8 Å². The van der Waals surface area contributed by atoms with Gasteiger partial charge in [0.2, 0.25) is 5.16 Å². The first-order valence-corrected chi connectivity index (χ1v) is 9.27. The molecule has 9 nitrogen and oxygen atoms in total. The molecule has 2 heterocycles. The fourth-order valence-corrected chi connectivity index (χ4v) is 3.08. The molecule has 0 amide bonds. The molecule has 0 aliphatic rings. The van der Waals surface area contributed by atoms with Crippen molar-refractivity contribution in [2.75, 3.05) is 33.2 Å². The minimum absolute atomic E-state index is 0.0263. The van der Waals surface area contributed by atoms with E-state index >= 15 is 0 Å². The molecule has 0 fully saturated rings.